The first-order valence-corrected chi connectivity index (χ1v) is 8.86. The van der Waals surface area contributed by atoms with E-state index in [2.05, 4.69) is 39.6 Å². The Morgan fingerprint density at radius 1 is 1.25 bits per heavy atom. The van der Waals surface area contributed by atoms with E-state index in [-0.39, 0.29) is 11.6 Å². The van der Waals surface area contributed by atoms with Crippen molar-refractivity contribution in [2.45, 2.75) is 51.7 Å². The zero-order valence-electron chi connectivity index (χ0n) is 11.3. The molecule has 0 aliphatic heterocycles. The molecule has 0 aromatic rings. The Balaban J connectivity index is 3.94. The van der Waals surface area contributed by atoms with Gasteiger partial charge in [-0.15, -0.1) is 5.73 Å². The average molecular weight is 242 g/mol. The lowest BCUT2D eigenvalue weighted by atomic mass is 10.2. The van der Waals surface area contributed by atoms with E-state index in [0.717, 1.165) is 12.8 Å². The summed E-state index contributed by atoms with van der Waals surface area (Å²) in [4.78, 5) is 0. The summed E-state index contributed by atoms with van der Waals surface area (Å²) in [5, 5.41) is 8.85. The topological polar surface area (TPSA) is 29.5 Å². The molecule has 0 fully saturated rings. The molecule has 0 spiro atoms. The Morgan fingerprint density at radius 2 is 1.88 bits per heavy atom. The molecule has 3 heteroatoms. The maximum Gasteiger partial charge on any atom is 0.192 e. The predicted octanol–water partition coefficient (Wildman–Crippen LogP) is 3.49. The lowest BCUT2D eigenvalue weighted by molar-refractivity contribution is 0.289. The molecule has 1 N–H and O–H groups in total. The second kappa shape index (κ2) is 7.07. The number of aliphatic hydroxyl groups excluding tert-OH is 1. The highest BCUT2D eigenvalue weighted by atomic mass is 28.4. The molecule has 0 aliphatic rings. The SMILES string of the molecule is CC(C)(C)[Si](C)(C)OCC=C=CCCCO. The molecule has 0 unspecified atom stereocenters. The first-order chi connectivity index (χ1) is 7.31. The first kappa shape index (κ1) is 15.7. The van der Waals surface area contributed by atoms with Crippen molar-refractivity contribution in [2.24, 2.45) is 0 Å². The van der Waals surface area contributed by atoms with Crippen LogP contribution in [0.5, 0.6) is 0 Å². The van der Waals surface area contributed by atoms with E-state index in [1.807, 2.05) is 12.2 Å². The molecule has 2 nitrogen and oxygen atoms in total. The minimum Gasteiger partial charge on any atom is -0.413 e. The van der Waals surface area contributed by atoms with Gasteiger partial charge in [0.25, 0.3) is 0 Å². The molecule has 0 amide bonds. The lowest BCUT2D eigenvalue weighted by Gasteiger charge is -2.35. The van der Waals surface area contributed by atoms with Gasteiger partial charge < -0.3 is 9.53 Å². The summed E-state index contributed by atoms with van der Waals surface area (Å²) in [6.07, 6.45) is 5.57. The van der Waals surface area contributed by atoms with Gasteiger partial charge in [0.15, 0.2) is 8.32 Å². The van der Waals surface area contributed by atoms with Gasteiger partial charge in [-0.1, -0.05) is 20.8 Å². The molecule has 0 aliphatic carbocycles. The third-order valence-corrected chi connectivity index (χ3v) is 7.58. The van der Waals surface area contributed by atoms with Crippen molar-refractivity contribution in [2.75, 3.05) is 13.2 Å². The Morgan fingerprint density at radius 3 is 2.38 bits per heavy atom. The fourth-order valence-electron chi connectivity index (χ4n) is 0.875. The third-order valence-electron chi connectivity index (χ3n) is 3.08. The van der Waals surface area contributed by atoms with E-state index < -0.39 is 8.32 Å². The molecule has 94 valence electrons. The molecule has 0 radical (unpaired) electrons. The van der Waals surface area contributed by atoms with Crippen LogP contribution >= 0.6 is 0 Å². The summed E-state index contributed by atoms with van der Waals surface area (Å²) in [5.41, 5.74) is 3.08. The van der Waals surface area contributed by atoms with Gasteiger partial charge in [0.2, 0.25) is 0 Å². The number of aliphatic hydroxyl groups is 1. The molecular weight excluding hydrogens is 216 g/mol. The van der Waals surface area contributed by atoms with E-state index >= 15 is 0 Å². The van der Waals surface area contributed by atoms with Crippen molar-refractivity contribution in [1.29, 1.82) is 0 Å². The second-order valence-electron chi connectivity index (χ2n) is 5.51. The summed E-state index contributed by atoms with van der Waals surface area (Å²) in [6, 6.07) is 0. The van der Waals surface area contributed by atoms with Crippen LogP contribution in [0.15, 0.2) is 17.9 Å². The molecule has 0 saturated heterocycles. The Bertz CT molecular complexity index is 245. The lowest BCUT2D eigenvalue weighted by Crippen LogP contribution is -2.40. The van der Waals surface area contributed by atoms with Crippen molar-refractivity contribution in [3.8, 4) is 0 Å². The molecule has 0 aromatic heterocycles. The van der Waals surface area contributed by atoms with Crippen LogP contribution in [0.4, 0.5) is 0 Å². The van der Waals surface area contributed by atoms with E-state index in [9.17, 15) is 0 Å². The van der Waals surface area contributed by atoms with Gasteiger partial charge >= 0.3 is 0 Å². The van der Waals surface area contributed by atoms with Crippen LogP contribution in [0.3, 0.4) is 0 Å². The number of unbranched alkanes of at least 4 members (excludes halogenated alkanes) is 1. The summed E-state index contributed by atoms with van der Waals surface area (Å²) >= 11 is 0. The van der Waals surface area contributed by atoms with Gasteiger partial charge in [0.05, 0.1) is 6.61 Å². The number of rotatable bonds is 6. The fraction of sp³-hybridized carbons (Fsp3) is 0.769. The van der Waals surface area contributed by atoms with Gasteiger partial charge in [-0.2, -0.15) is 0 Å². The molecule has 0 heterocycles. The second-order valence-corrected chi connectivity index (χ2v) is 10.3. The highest BCUT2D eigenvalue weighted by Crippen LogP contribution is 2.36. The Hall–Kier alpha value is -0.343. The molecule has 0 rings (SSSR count). The van der Waals surface area contributed by atoms with Crippen LogP contribution in [-0.4, -0.2) is 26.6 Å². The van der Waals surface area contributed by atoms with Gasteiger partial charge in [0, 0.05) is 6.61 Å². The van der Waals surface area contributed by atoms with Crippen molar-refractivity contribution >= 4 is 8.32 Å². The van der Waals surface area contributed by atoms with E-state index in [1.165, 1.54) is 0 Å². The quantitative estimate of drug-likeness (QED) is 0.439. The van der Waals surface area contributed by atoms with E-state index in [0.29, 0.717) is 6.61 Å². The fourth-order valence-corrected chi connectivity index (χ4v) is 1.81. The van der Waals surface area contributed by atoms with E-state index in [4.69, 9.17) is 9.53 Å². The van der Waals surface area contributed by atoms with Gasteiger partial charge in [-0.05, 0) is 43.1 Å². The smallest absolute Gasteiger partial charge is 0.192 e. The molecule has 16 heavy (non-hydrogen) atoms. The monoisotopic (exact) mass is 242 g/mol. The normalized spacial score (nSPS) is 12.1. The average Bonchev–Trinajstić information content (AvgIpc) is 2.14. The summed E-state index contributed by atoms with van der Waals surface area (Å²) in [7, 11) is -1.61. The summed E-state index contributed by atoms with van der Waals surface area (Å²) in [5.74, 6) is 0. The van der Waals surface area contributed by atoms with Crippen molar-refractivity contribution < 1.29 is 9.53 Å². The van der Waals surface area contributed by atoms with Crippen molar-refractivity contribution in [3.05, 3.63) is 17.9 Å². The van der Waals surface area contributed by atoms with Gasteiger partial charge in [0.1, 0.15) is 0 Å². The maximum absolute atomic E-state index is 8.59. The van der Waals surface area contributed by atoms with E-state index in [1.54, 1.807) is 0 Å². The Labute approximate surface area is 101 Å². The van der Waals surface area contributed by atoms with Gasteiger partial charge in [-0.25, -0.2) is 0 Å². The van der Waals surface area contributed by atoms with Crippen LogP contribution in [0, 0.1) is 0 Å². The Kier molecular flexibility index (Phi) is 6.92. The number of hydrogen-bond acceptors (Lipinski definition) is 2. The number of hydrogen-bond donors (Lipinski definition) is 1. The van der Waals surface area contributed by atoms with Crippen LogP contribution in [0.25, 0.3) is 0 Å². The molecule has 0 saturated carbocycles. The zero-order valence-corrected chi connectivity index (χ0v) is 12.3. The molecule has 0 bridgehead atoms. The zero-order chi connectivity index (χ0) is 12.7. The minimum atomic E-state index is -1.61. The van der Waals surface area contributed by atoms with Crippen LogP contribution < -0.4 is 0 Å². The molecule has 0 atom stereocenters. The van der Waals surface area contributed by atoms with Crippen molar-refractivity contribution in [3.63, 3.8) is 0 Å². The van der Waals surface area contributed by atoms with Crippen LogP contribution in [0.2, 0.25) is 18.1 Å². The summed E-state index contributed by atoms with van der Waals surface area (Å²) in [6.45, 7) is 12.1. The predicted molar refractivity (Wildman–Crippen MR) is 72.1 cm³/mol. The van der Waals surface area contributed by atoms with Gasteiger partial charge in [-0.3, -0.25) is 0 Å². The standard InChI is InChI=1S/C13H26O2Si/c1-13(2,3)16(4,5)15-12-10-8-6-7-9-11-14/h6,10,14H,7,9,11-12H2,1-5H3. The first-order valence-electron chi connectivity index (χ1n) is 5.95. The van der Waals surface area contributed by atoms with Crippen molar-refractivity contribution in [1.82, 2.24) is 0 Å². The largest absolute Gasteiger partial charge is 0.413 e. The van der Waals surface area contributed by atoms with Crippen LogP contribution in [0.1, 0.15) is 33.6 Å². The third kappa shape index (κ3) is 6.29. The highest BCUT2D eigenvalue weighted by Gasteiger charge is 2.36. The molecule has 0 aromatic carbocycles. The molecular formula is C13H26O2Si. The van der Waals surface area contributed by atoms with Crippen LogP contribution in [-0.2, 0) is 4.43 Å². The highest BCUT2D eigenvalue weighted by molar-refractivity contribution is 6.74. The maximum atomic E-state index is 8.59. The minimum absolute atomic E-state index is 0.249. The summed E-state index contributed by atoms with van der Waals surface area (Å²) < 4.78 is 5.95.